The van der Waals surface area contributed by atoms with Gasteiger partial charge in [0.25, 0.3) is 5.56 Å². The van der Waals surface area contributed by atoms with E-state index in [1.165, 1.54) is 4.57 Å². The zero-order valence-corrected chi connectivity index (χ0v) is 10.5. The van der Waals surface area contributed by atoms with Crippen LogP contribution in [0.4, 0.5) is 0 Å². The molecule has 0 aliphatic carbocycles. The van der Waals surface area contributed by atoms with Crippen LogP contribution in [-0.4, -0.2) is 19.1 Å². The molecule has 0 radical (unpaired) electrons. The Morgan fingerprint density at radius 1 is 1.44 bits per heavy atom. The number of nitrogens with one attached hydrogen (secondary N) is 1. The molecule has 86 valence electrons. The minimum absolute atomic E-state index is 0.396. The Hall–Kier alpha value is -1.37. The number of halogens is 1. The Labute approximate surface area is 99.1 Å². The molecule has 0 spiro atoms. The molecule has 2 aromatic rings. The highest BCUT2D eigenvalue weighted by Crippen LogP contribution is 2.11. The van der Waals surface area contributed by atoms with Crippen LogP contribution in [0.2, 0.25) is 0 Å². The molecule has 2 rings (SSSR count). The van der Waals surface area contributed by atoms with E-state index >= 15 is 0 Å². The molecule has 0 fully saturated rings. The first-order chi connectivity index (χ1) is 7.60. The van der Waals surface area contributed by atoms with Crippen LogP contribution in [0, 0.1) is 0 Å². The molecular formula is C9H11BrN4O2. The zero-order valence-electron chi connectivity index (χ0n) is 8.95. The lowest BCUT2D eigenvalue weighted by Crippen LogP contribution is -2.30. The number of nitrogens with zero attached hydrogens (tertiary/aromatic N) is 3. The van der Waals surface area contributed by atoms with Gasteiger partial charge < -0.3 is 4.57 Å². The summed E-state index contributed by atoms with van der Waals surface area (Å²) in [6, 6.07) is 0. The van der Waals surface area contributed by atoms with E-state index in [-0.39, 0.29) is 0 Å². The number of alkyl halides is 1. The number of aromatic amines is 1. The normalized spacial score (nSPS) is 11.2. The predicted octanol–water partition coefficient (Wildman–Crippen LogP) is 0.338. The summed E-state index contributed by atoms with van der Waals surface area (Å²) >= 11 is 3.29. The maximum Gasteiger partial charge on any atom is 0.330 e. The molecule has 0 aliphatic rings. The summed E-state index contributed by atoms with van der Waals surface area (Å²) in [5, 5.41) is 0.537. The van der Waals surface area contributed by atoms with Crippen molar-refractivity contribution in [1.82, 2.24) is 19.1 Å². The average molecular weight is 287 g/mol. The number of hydrogen-bond acceptors (Lipinski definition) is 3. The van der Waals surface area contributed by atoms with Crippen LogP contribution < -0.4 is 11.2 Å². The molecule has 7 heteroatoms. The Morgan fingerprint density at radius 2 is 2.12 bits per heavy atom. The molecule has 6 nitrogen and oxygen atoms in total. The number of aryl methyl sites for hydroxylation is 2. The SMILES string of the molecule is CCn1c(=O)[nH]c(=O)c2c1nc(CBr)n2C. The second-order valence-electron chi connectivity index (χ2n) is 3.40. The van der Waals surface area contributed by atoms with Crippen molar-refractivity contribution in [2.45, 2.75) is 18.8 Å². The van der Waals surface area contributed by atoms with Crippen molar-refractivity contribution in [1.29, 1.82) is 0 Å². The summed E-state index contributed by atoms with van der Waals surface area (Å²) in [7, 11) is 1.76. The van der Waals surface area contributed by atoms with Gasteiger partial charge >= 0.3 is 5.69 Å². The van der Waals surface area contributed by atoms with E-state index in [1.807, 2.05) is 6.92 Å². The highest BCUT2D eigenvalue weighted by atomic mass is 79.9. The van der Waals surface area contributed by atoms with Crippen LogP contribution in [0.15, 0.2) is 9.59 Å². The van der Waals surface area contributed by atoms with E-state index < -0.39 is 11.2 Å². The first kappa shape index (κ1) is 11.1. The Balaban J connectivity index is 3.03. The standard InChI is InChI=1S/C9H11BrN4O2/c1-3-14-7-6(8(15)12-9(14)16)13(2)5(4-10)11-7/h3-4H2,1-2H3,(H,12,15,16). The molecule has 1 N–H and O–H groups in total. The number of hydrogen-bond donors (Lipinski definition) is 1. The number of aromatic nitrogens is 4. The highest BCUT2D eigenvalue weighted by Gasteiger charge is 2.14. The maximum absolute atomic E-state index is 11.7. The molecule has 0 aliphatic heterocycles. The van der Waals surface area contributed by atoms with E-state index in [4.69, 9.17) is 0 Å². The smallest absolute Gasteiger partial charge is 0.325 e. The first-order valence-electron chi connectivity index (χ1n) is 4.84. The molecule has 0 unspecified atom stereocenters. The average Bonchev–Trinajstić information content (AvgIpc) is 2.56. The van der Waals surface area contributed by atoms with Gasteiger partial charge in [-0.25, -0.2) is 9.78 Å². The van der Waals surface area contributed by atoms with Crippen molar-refractivity contribution in [3.8, 4) is 0 Å². The highest BCUT2D eigenvalue weighted by molar-refractivity contribution is 9.08. The second-order valence-corrected chi connectivity index (χ2v) is 3.96. The lowest BCUT2D eigenvalue weighted by Gasteiger charge is -2.01. The van der Waals surface area contributed by atoms with Crippen LogP contribution >= 0.6 is 15.9 Å². The van der Waals surface area contributed by atoms with Crippen LogP contribution in [0.25, 0.3) is 11.2 Å². The molecule has 0 bridgehead atoms. The topological polar surface area (TPSA) is 72.7 Å². The number of H-pyrrole nitrogens is 1. The van der Waals surface area contributed by atoms with Crippen molar-refractivity contribution < 1.29 is 0 Å². The summed E-state index contributed by atoms with van der Waals surface area (Å²) in [5.41, 5.74) is 0.0511. The molecular weight excluding hydrogens is 276 g/mol. The minimum Gasteiger partial charge on any atom is -0.325 e. The van der Waals surface area contributed by atoms with Gasteiger partial charge in [0.15, 0.2) is 11.2 Å². The van der Waals surface area contributed by atoms with Gasteiger partial charge in [0.1, 0.15) is 5.82 Å². The second kappa shape index (κ2) is 3.89. The van der Waals surface area contributed by atoms with Gasteiger partial charge in [0.2, 0.25) is 0 Å². The van der Waals surface area contributed by atoms with Gasteiger partial charge in [-0.3, -0.25) is 14.3 Å². The molecule has 0 aromatic carbocycles. The van der Waals surface area contributed by atoms with E-state index in [0.29, 0.717) is 28.9 Å². The van der Waals surface area contributed by atoms with Crippen molar-refractivity contribution >= 4 is 27.1 Å². The first-order valence-corrected chi connectivity index (χ1v) is 5.96. The Kier molecular flexibility index (Phi) is 2.71. The summed E-state index contributed by atoms with van der Waals surface area (Å²) in [6.07, 6.45) is 0. The number of rotatable bonds is 2. The number of imidazole rings is 1. The van der Waals surface area contributed by atoms with Crippen LogP contribution in [0.5, 0.6) is 0 Å². The van der Waals surface area contributed by atoms with Gasteiger partial charge in [-0.2, -0.15) is 0 Å². The molecule has 0 atom stereocenters. The Bertz CT molecular complexity index is 652. The maximum atomic E-state index is 11.7. The lowest BCUT2D eigenvalue weighted by atomic mass is 10.5. The third-order valence-corrected chi connectivity index (χ3v) is 3.04. The molecule has 0 saturated heterocycles. The minimum atomic E-state index is -0.417. The van der Waals surface area contributed by atoms with Crippen molar-refractivity contribution in [3.63, 3.8) is 0 Å². The zero-order chi connectivity index (χ0) is 11.9. The van der Waals surface area contributed by atoms with E-state index in [9.17, 15) is 9.59 Å². The fourth-order valence-electron chi connectivity index (χ4n) is 1.70. The summed E-state index contributed by atoms with van der Waals surface area (Å²) < 4.78 is 3.14. The fraction of sp³-hybridized carbons (Fsp3) is 0.444. The largest absolute Gasteiger partial charge is 0.330 e. The summed E-state index contributed by atoms with van der Waals surface area (Å²) in [5.74, 6) is 0.716. The van der Waals surface area contributed by atoms with E-state index in [1.54, 1.807) is 11.6 Å². The molecule has 0 saturated carbocycles. The molecule has 2 heterocycles. The van der Waals surface area contributed by atoms with Crippen LogP contribution in [-0.2, 0) is 18.9 Å². The number of fused-ring (bicyclic) bond motifs is 1. The van der Waals surface area contributed by atoms with Gasteiger partial charge in [-0.15, -0.1) is 0 Å². The predicted molar refractivity (Wildman–Crippen MR) is 63.9 cm³/mol. The Morgan fingerprint density at radius 3 is 2.69 bits per heavy atom. The van der Waals surface area contributed by atoms with Crippen molar-refractivity contribution in [3.05, 3.63) is 26.7 Å². The van der Waals surface area contributed by atoms with Gasteiger partial charge in [0, 0.05) is 13.6 Å². The van der Waals surface area contributed by atoms with Gasteiger partial charge in [-0.1, -0.05) is 15.9 Å². The van der Waals surface area contributed by atoms with E-state index in [0.717, 1.165) is 0 Å². The third kappa shape index (κ3) is 1.42. The molecule has 0 amide bonds. The summed E-state index contributed by atoms with van der Waals surface area (Å²) in [4.78, 5) is 29.8. The monoisotopic (exact) mass is 286 g/mol. The van der Waals surface area contributed by atoms with Crippen molar-refractivity contribution in [2.24, 2.45) is 7.05 Å². The lowest BCUT2D eigenvalue weighted by molar-refractivity contribution is 0.718. The molecule has 16 heavy (non-hydrogen) atoms. The summed E-state index contributed by atoms with van der Waals surface area (Å²) in [6.45, 7) is 2.31. The van der Waals surface area contributed by atoms with Crippen LogP contribution in [0.3, 0.4) is 0 Å². The molecule has 2 aromatic heterocycles. The van der Waals surface area contributed by atoms with Gasteiger partial charge in [0.05, 0.1) is 5.33 Å². The van der Waals surface area contributed by atoms with Gasteiger partial charge in [-0.05, 0) is 6.92 Å². The fourth-order valence-corrected chi connectivity index (χ4v) is 2.21. The van der Waals surface area contributed by atoms with Crippen LogP contribution in [0.1, 0.15) is 12.7 Å². The van der Waals surface area contributed by atoms with Crippen molar-refractivity contribution in [2.75, 3.05) is 0 Å². The third-order valence-electron chi connectivity index (χ3n) is 2.54. The van der Waals surface area contributed by atoms with E-state index in [2.05, 4.69) is 25.9 Å². The quantitative estimate of drug-likeness (QED) is 0.809.